The topological polar surface area (TPSA) is 77.7 Å². The highest BCUT2D eigenvalue weighted by Crippen LogP contribution is 2.22. The van der Waals surface area contributed by atoms with Gasteiger partial charge in [0.2, 0.25) is 0 Å². The van der Waals surface area contributed by atoms with Gasteiger partial charge in [0, 0.05) is 30.9 Å². The van der Waals surface area contributed by atoms with Crippen LogP contribution in [0.25, 0.3) is 16.3 Å². The summed E-state index contributed by atoms with van der Waals surface area (Å²) in [6, 6.07) is 8.75. The number of thiazole rings is 1. The summed E-state index contributed by atoms with van der Waals surface area (Å²) in [7, 11) is -1.71. The Morgan fingerprint density at radius 3 is 2.81 bits per heavy atom. The maximum absolute atomic E-state index is 12.3. The van der Waals surface area contributed by atoms with E-state index in [0.717, 1.165) is 15.1 Å². The molecule has 0 fully saturated rings. The van der Waals surface area contributed by atoms with Crippen molar-refractivity contribution in [2.45, 2.75) is 11.4 Å². The lowest BCUT2D eigenvalue weighted by molar-refractivity contribution is -0.113. The first kappa shape index (κ1) is 19.7. The predicted molar refractivity (Wildman–Crippen MR) is 109 cm³/mol. The highest BCUT2D eigenvalue weighted by atomic mass is 32.2. The van der Waals surface area contributed by atoms with Gasteiger partial charge in [-0.1, -0.05) is 17.4 Å². The molecule has 0 radical (unpaired) electrons. The summed E-state index contributed by atoms with van der Waals surface area (Å²) >= 11 is 2.82. The van der Waals surface area contributed by atoms with Crippen LogP contribution in [0.4, 0.5) is 0 Å². The summed E-state index contributed by atoms with van der Waals surface area (Å²) in [6.07, 6.45) is 4.33. The number of sulfone groups is 1. The van der Waals surface area contributed by atoms with Crippen LogP contribution in [-0.4, -0.2) is 38.9 Å². The first-order chi connectivity index (χ1) is 12.9. The van der Waals surface area contributed by atoms with Crippen LogP contribution in [-0.2, 0) is 25.9 Å². The van der Waals surface area contributed by atoms with Crippen molar-refractivity contribution >= 4 is 54.7 Å². The Morgan fingerprint density at radius 1 is 1.33 bits per heavy atom. The van der Waals surface area contributed by atoms with Crippen molar-refractivity contribution in [3.63, 3.8) is 0 Å². The SMILES string of the molecule is COCCn1c(=NC(=O)/C=C/c2cccs2)sc2cc(S(C)(=O)=O)ccc21. The lowest BCUT2D eigenvalue weighted by Crippen LogP contribution is -2.18. The van der Waals surface area contributed by atoms with Crippen LogP contribution in [0.15, 0.2) is 51.7 Å². The Morgan fingerprint density at radius 2 is 2.15 bits per heavy atom. The van der Waals surface area contributed by atoms with Crippen LogP contribution < -0.4 is 4.80 Å². The third-order valence-electron chi connectivity index (χ3n) is 3.74. The van der Waals surface area contributed by atoms with Crippen molar-refractivity contribution in [2.75, 3.05) is 20.0 Å². The molecule has 0 saturated carbocycles. The molecule has 0 aliphatic heterocycles. The predicted octanol–water partition coefficient (Wildman–Crippen LogP) is 2.95. The maximum Gasteiger partial charge on any atom is 0.272 e. The van der Waals surface area contributed by atoms with E-state index in [2.05, 4.69) is 4.99 Å². The number of thiophene rings is 1. The van der Waals surface area contributed by atoms with Gasteiger partial charge in [-0.2, -0.15) is 4.99 Å². The van der Waals surface area contributed by atoms with Gasteiger partial charge in [0.1, 0.15) is 0 Å². The largest absolute Gasteiger partial charge is 0.383 e. The van der Waals surface area contributed by atoms with Gasteiger partial charge in [0.05, 0.1) is 21.7 Å². The number of fused-ring (bicyclic) bond motifs is 1. The molecule has 0 bridgehead atoms. The van der Waals surface area contributed by atoms with Gasteiger partial charge in [0.15, 0.2) is 14.6 Å². The van der Waals surface area contributed by atoms with Gasteiger partial charge in [-0.05, 0) is 35.7 Å². The molecule has 0 spiro atoms. The standard InChI is InChI=1S/C18H18N2O4S3/c1-24-10-9-20-15-7-6-14(27(2,22)23)12-16(15)26-18(20)19-17(21)8-5-13-4-3-11-25-13/h3-8,11-12H,9-10H2,1-2H3/b8-5+,19-18?. The van der Waals surface area contributed by atoms with E-state index in [0.29, 0.717) is 18.0 Å². The summed E-state index contributed by atoms with van der Waals surface area (Å²) in [5.41, 5.74) is 0.818. The van der Waals surface area contributed by atoms with Gasteiger partial charge in [-0.15, -0.1) is 11.3 Å². The van der Waals surface area contributed by atoms with Crippen LogP contribution in [0.2, 0.25) is 0 Å². The molecule has 1 aromatic carbocycles. The fourth-order valence-electron chi connectivity index (χ4n) is 2.44. The van der Waals surface area contributed by atoms with Crippen LogP contribution in [0, 0.1) is 0 Å². The zero-order valence-corrected chi connectivity index (χ0v) is 17.2. The molecule has 0 unspecified atom stereocenters. The van der Waals surface area contributed by atoms with Crippen molar-refractivity contribution in [1.82, 2.24) is 4.57 Å². The second-order valence-corrected chi connectivity index (χ2v) is 9.73. The van der Waals surface area contributed by atoms with E-state index in [4.69, 9.17) is 4.74 Å². The Kier molecular flexibility index (Phi) is 6.05. The molecule has 2 heterocycles. The maximum atomic E-state index is 12.3. The Bertz CT molecular complexity index is 1150. The first-order valence-corrected chi connectivity index (χ1v) is 11.6. The van der Waals surface area contributed by atoms with E-state index < -0.39 is 9.84 Å². The Labute approximate surface area is 165 Å². The number of carbonyl (C=O) groups excluding carboxylic acids is 1. The normalized spacial score (nSPS) is 13.0. The highest BCUT2D eigenvalue weighted by molar-refractivity contribution is 7.90. The minimum atomic E-state index is -3.31. The third kappa shape index (κ3) is 4.81. The molecule has 0 saturated heterocycles. The second-order valence-electron chi connectivity index (χ2n) is 5.73. The molecular formula is C18H18N2O4S3. The zero-order valence-electron chi connectivity index (χ0n) is 14.8. The summed E-state index contributed by atoms with van der Waals surface area (Å²) in [5, 5.41) is 1.94. The van der Waals surface area contributed by atoms with Gasteiger partial charge >= 0.3 is 0 Å². The Hall–Kier alpha value is -2.07. The number of rotatable bonds is 6. The van der Waals surface area contributed by atoms with Crippen molar-refractivity contribution in [2.24, 2.45) is 4.99 Å². The van der Waals surface area contributed by atoms with Crippen LogP contribution in [0.5, 0.6) is 0 Å². The van der Waals surface area contributed by atoms with Gasteiger partial charge in [0.25, 0.3) is 5.91 Å². The van der Waals surface area contributed by atoms with E-state index >= 15 is 0 Å². The van der Waals surface area contributed by atoms with E-state index in [-0.39, 0.29) is 10.8 Å². The molecule has 0 atom stereocenters. The number of nitrogens with zero attached hydrogens (tertiary/aromatic N) is 2. The number of benzene rings is 1. The zero-order chi connectivity index (χ0) is 19.4. The minimum Gasteiger partial charge on any atom is -0.383 e. The van der Waals surface area contributed by atoms with Crippen LogP contribution in [0.3, 0.4) is 0 Å². The van der Waals surface area contributed by atoms with Crippen molar-refractivity contribution in [1.29, 1.82) is 0 Å². The summed E-state index contributed by atoms with van der Waals surface area (Å²) in [5.74, 6) is -0.371. The van der Waals surface area contributed by atoms with Gasteiger partial charge in [-0.25, -0.2) is 8.42 Å². The second kappa shape index (κ2) is 8.30. The molecular weight excluding hydrogens is 404 g/mol. The monoisotopic (exact) mass is 422 g/mol. The van der Waals surface area contributed by atoms with Crippen molar-refractivity contribution in [3.8, 4) is 0 Å². The number of aromatic nitrogens is 1. The van der Waals surface area contributed by atoms with Gasteiger partial charge in [-0.3, -0.25) is 4.79 Å². The Balaban J connectivity index is 2.05. The molecule has 2 aromatic heterocycles. The average molecular weight is 423 g/mol. The molecule has 27 heavy (non-hydrogen) atoms. The smallest absolute Gasteiger partial charge is 0.272 e. The molecule has 3 rings (SSSR count). The summed E-state index contributed by atoms with van der Waals surface area (Å²) < 4.78 is 31.4. The molecule has 9 heteroatoms. The number of methoxy groups -OCH3 is 1. The average Bonchev–Trinajstić information content (AvgIpc) is 3.24. The lowest BCUT2D eigenvalue weighted by Gasteiger charge is -2.04. The van der Waals surface area contributed by atoms with Gasteiger partial charge < -0.3 is 9.30 Å². The van der Waals surface area contributed by atoms with E-state index in [1.807, 2.05) is 22.1 Å². The molecule has 0 aliphatic rings. The van der Waals surface area contributed by atoms with Crippen molar-refractivity contribution in [3.05, 3.63) is 51.5 Å². The molecule has 1 amide bonds. The molecule has 6 nitrogen and oxygen atoms in total. The third-order valence-corrected chi connectivity index (χ3v) is 6.73. The fraction of sp³-hybridized carbons (Fsp3) is 0.222. The molecule has 0 N–H and O–H groups in total. The number of hydrogen-bond acceptors (Lipinski definition) is 6. The lowest BCUT2D eigenvalue weighted by atomic mass is 10.3. The van der Waals surface area contributed by atoms with Crippen LogP contribution in [0.1, 0.15) is 4.88 Å². The first-order valence-electron chi connectivity index (χ1n) is 8.01. The summed E-state index contributed by atoms with van der Waals surface area (Å²) in [6.45, 7) is 0.960. The molecule has 3 aromatic rings. The number of hydrogen-bond donors (Lipinski definition) is 0. The molecule has 142 valence electrons. The number of amides is 1. The van der Waals surface area contributed by atoms with Crippen molar-refractivity contribution < 1.29 is 17.9 Å². The van der Waals surface area contributed by atoms with Crippen LogP contribution >= 0.6 is 22.7 Å². The highest BCUT2D eigenvalue weighted by Gasteiger charge is 2.12. The van der Waals surface area contributed by atoms with E-state index in [1.54, 1.807) is 31.4 Å². The summed E-state index contributed by atoms with van der Waals surface area (Å²) in [4.78, 5) is 18.2. The fourth-order valence-corrected chi connectivity index (χ4v) is 4.88. The van der Waals surface area contributed by atoms with E-state index in [1.165, 1.54) is 35.0 Å². The number of ether oxygens (including phenoxy) is 1. The quantitative estimate of drug-likeness (QED) is 0.572. The van der Waals surface area contributed by atoms with E-state index in [9.17, 15) is 13.2 Å². The molecule has 0 aliphatic carbocycles. The number of carbonyl (C=O) groups is 1. The minimum absolute atomic E-state index is 0.241.